The third-order valence-corrected chi connectivity index (χ3v) is 12.3. The number of hydrogen-bond acceptors (Lipinski definition) is 1. The van der Waals surface area contributed by atoms with Gasteiger partial charge >= 0.3 is 0 Å². The average Bonchev–Trinajstić information content (AvgIpc) is 3.85. The second-order valence-corrected chi connectivity index (χ2v) is 15.7. The van der Waals surface area contributed by atoms with Crippen molar-refractivity contribution in [1.29, 1.82) is 0 Å². The molecule has 0 fully saturated rings. The number of rotatable bonds is 7. The molecule has 0 aliphatic carbocycles. The molecule has 0 bridgehead atoms. The number of aromatic nitrogens is 2. The van der Waals surface area contributed by atoms with Gasteiger partial charge in [0.1, 0.15) is 0 Å². The first-order valence-electron chi connectivity index (χ1n) is 20.9. The highest BCUT2D eigenvalue weighted by molar-refractivity contribution is 6.12. The number of nitrogens with zero attached hydrogens (tertiary/aromatic N) is 3. The first-order chi connectivity index (χ1) is 30.3. The molecule has 2 heterocycles. The van der Waals surface area contributed by atoms with Crippen molar-refractivity contribution in [2.75, 3.05) is 4.90 Å². The van der Waals surface area contributed by atoms with Crippen molar-refractivity contribution in [2.24, 2.45) is 0 Å². The molecule has 10 aromatic carbocycles. The molecular formula is C58H39N3. The highest BCUT2D eigenvalue weighted by Crippen LogP contribution is 2.44. The van der Waals surface area contributed by atoms with Crippen LogP contribution in [-0.4, -0.2) is 9.13 Å². The minimum absolute atomic E-state index is 1.08. The fourth-order valence-corrected chi connectivity index (χ4v) is 9.57. The first kappa shape index (κ1) is 34.9. The van der Waals surface area contributed by atoms with E-state index in [0.717, 1.165) is 28.4 Å². The molecule has 0 aliphatic rings. The lowest BCUT2D eigenvalue weighted by Crippen LogP contribution is -2.11. The van der Waals surface area contributed by atoms with Crippen LogP contribution >= 0.6 is 0 Å². The Morgan fingerprint density at radius 2 is 0.770 bits per heavy atom. The van der Waals surface area contributed by atoms with E-state index in [1.807, 2.05) is 0 Å². The predicted octanol–water partition coefficient (Wildman–Crippen LogP) is 15.8. The molecule has 12 aromatic rings. The molecule has 0 N–H and O–H groups in total. The van der Waals surface area contributed by atoms with Crippen LogP contribution in [0.4, 0.5) is 17.1 Å². The number of hydrogen-bond donors (Lipinski definition) is 0. The smallest absolute Gasteiger partial charge is 0.0542 e. The highest BCUT2D eigenvalue weighted by Gasteiger charge is 2.21. The van der Waals surface area contributed by atoms with E-state index in [4.69, 9.17) is 0 Å². The van der Waals surface area contributed by atoms with E-state index in [1.165, 1.54) is 76.6 Å². The highest BCUT2D eigenvalue weighted by atomic mass is 15.1. The van der Waals surface area contributed by atoms with Gasteiger partial charge in [-0.2, -0.15) is 0 Å². The van der Waals surface area contributed by atoms with Gasteiger partial charge in [0.2, 0.25) is 0 Å². The van der Waals surface area contributed by atoms with Crippen LogP contribution in [0.25, 0.3) is 88.0 Å². The van der Waals surface area contributed by atoms with E-state index in [9.17, 15) is 0 Å². The average molecular weight is 778 g/mol. The SMILES string of the molecule is c1ccc(-c2ccccc2N(c2ccc(-c3cc(-n4c5ccccc5c5ccccc54)cc4ccccc34)cc2)c2ccc3c(c2)c2ccccc2n3-c2ccccc2)cc1. The van der Waals surface area contributed by atoms with E-state index < -0.39 is 0 Å². The summed E-state index contributed by atoms with van der Waals surface area (Å²) in [6, 6.07) is 86.0. The van der Waals surface area contributed by atoms with Gasteiger partial charge in [-0.05, 0) is 106 Å². The van der Waals surface area contributed by atoms with Gasteiger partial charge in [0.15, 0.2) is 0 Å². The largest absolute Gasteiger partial charge is 0.310 e. The van der Waals surface area contributed by atoms with E-state index >= 15 is 0 Å². The summed E-state index contributed by atoms with van der Waals surface area (Å²) in [5, 5.41) is 7.40. The molecule has 0 atom stereocenters. The molecule has 0 unspecified atom stereocenters. The van der Waals surface area contributed by atoms with Crippen molar-refractivity contribution in [1.82, 2.24) is 9.13 Å². The molecule has 0 amide bonds. The lowest BCUT2D eigenvalue weighted by molar-refractivity contribution is 1.18. The van der Waals surface area contributed by atoms with Crippen LogP contribution in [0, 0.1) is 0 Å². The van der Waals surface area contributed by atoms with Gasteiger partial charge in [-0.1, -0.05) is 158 Å². The summed E-state index contributed by atoms with van der Waals surface area (Å²) in [5.74, 6) is 0. The van der Waals surface area contributed by atoms with Crippen molar-refractivity contribution in [2.45, 2.75) is 0 Å². The summed E-state index contributed by atoms with van der Waals surface area (Å²) in [6.07, 6.45) is 0. The van der Waals surface area contributed by atoms with Crippen LogP contribution in [0.2, 0.25) is 0 Å². The fourth-order valence-electron chi connectivity index (χ4n) is 9.57. The maximum atomic E-state index is 2.42. The monoisotopic (exact) mass is 777 g/mol. The summed E-state index contributed by atoms with van der Waals surface area (Å²) in [4.78, 5) is 2.42. The van der Waals surface area contributed by atoms with Crippen LogP contribution in [-0.2, 0) is 0 Å². The third kappa shape index (κ3) is 5.74. The molecule has 0 aliphatic heterocycles. The Balaban J connectivity index is 1.05. The van der Waals surface area contributed by atoms with Crippen molar-refractivity contribution in [3.8, 4) is 33.6 Å². The van der Waals surface area contributed by atoms with Crippen molar-refractivity contribution in [3.05, 3.63) is 237 Å². The van der Waals surface area contributed by atoms with Crippen molar-refractivity contribution >= 4 is 71.4 Å². The van der Waals surface area contributed by atoms with Gasteiger partial charge in [-0.3, -0.25) is 0 Å². The van der Waals surface area contributed by atoms with E-state index in [-0.39, 0.29) is 0 Å². The molecule has 0 radical (unpaired) electrons. The van der Waals surface area contributed by atoms with Crippen LogP contribution < -0.4 is 4.90 Å². The summed E-state index contributed by atoms with van der Waals surface area (Å²) < 4.78 is 4.80. The molecule has 286 valence electrons. The molecule has 2 aromatic heterocycles. The maximum absolute atomic E-state index is 2.42. The zero-order chi connectivity index (χ0) is 40.3. The molecule has 0 saturated heterocycles. The van der Waals surface area contributed by atoms with Crippen LogP contribution in [0.1, 0.15) is 0 Å². The van der Waals surface area contributed by atoms with Gasteiger partial charge in [-0.15, -0.1) is 0 Å². The standard InChI is InChI=1S/C58H39N3/c1-3-17-40(18-4-1)48-23-9-13-27-54(48)59(45-35-36-58-53(38-45)51-26-12-16-30-57(51)60(58)43-20-5-2-6-21-43)44-33-31-41(32-34-44)52-39-46(37-42-19-7-8-22-47(42)52)61-55-28-14-10-24-49(55)50-25-11-15-29-56(50)61/h1-39H. The zero-order valence-electron chi connectivity index (χ0n) is 33.4. The maximum Gasteiger partial charge on any atom is 0.0542 e. The second-order valence-electron chi connectivity index (χ2n) is 15.7. The molecular weight excluding hydrogens is 739 g/mol. The Bertz CT molecular complexity index is 3530. The van der Waals surface area contributed by atoms with Crippen molar-refractivity contribution < 1.29 is 0 Å². The molecule has 0 saturated carbocycles. The number of benzene rings is 10. The molecule has 12 rings (SSSR count). The van der Waals surface area contributed by atoms with Gasteiger partial charge < -0.3 is 14.0 Å². The predicted molar refractivity (Wildman–Crippen MR) is 258 cm³/mol. The fraction of sp³-hybridized carbons (Fsp3) is 0. The van der Waals surface area contributed by atoms with Gasteiger partial charge in [0, 0.05) is 49.9 Å². The Morgan fingerprint density at radius 1 is 0.279 bits per heavy atom. The van der Waals surface area contributed by atoms with Crippen LogP contribution in [0.3, 0.4) is 0 Å². The molecule has 3 nitrogen and oxygen atoms in total. The zero-order valence-corrected chi connectivity index (χ0v) is 33.4. The van der Waals surface area contributed by atoms with Crippen LogP contribution in [0.15, 0.2) is 237 Å². The quantitative estimate of drug-likeness (QED) is 0.157. The molecule has 61 heavy (non-hydrogen) atoms. The minimum atomic E-state index is 1.08. The summed E-state index contributed by atoms with van der Waals surface area (Å²) >= 11 is 0. The molecule has 3 heteroatoms. The topological polar surface area (TPSA) is 13.1 Å². The van der Waals surface area contributed by atoms with Gasteiger partial charge in [-0.25, -0.2) is 0 Å². The Morgan fingerprint density at radius 3 is 1.46 bits per heavy atom. The van der Waals surface area contributed by atoms with Gasteiger partial charge in [0.05, 0.1) is 27.8 Å². The normalized spacial score (nSPS) is 11.6. The Kier molecular flexibility index (Phi) is 8.17. The minimum Gasteiger partial charge on any atom is -0.310 e. The summed E-state index contributed by atoms with van der Waals surface area (Å²) in [5.41, 5.74) is 15.1. The van der Waals surface area contributed by atoms with Crippen LogP contribution in [0.5, 0.6) is 0 Å². The molecule has 0 spiro atoms. The van der Waals surface area contributed by atoms with Gasteiger partial charge in [0.25, 0.3) is 0 Å². The lowest BCUT2D eigenvalue weighted by Gasteiger charge is -2.28. The third-order valence-electron chi connectivity index (χ3n) is 12.3. The van der Waals surface area contributed by atoms with E-state index in [1.54, 1.807) is 0 Å². The summed E-state index contributed by atoms with van der Waals surface area (Å²) in [7, 11) is 0. The number of para-hydroxylation sites is 5. The lowest BCUT2D eigenvalue weighted by atomic mass is 9.96. The van der Waals surface area contributed by atoms with E-state index in [2.05, 4.69) is 251 Å². The first-order valence-corrected chi connectivity index (χ1v) is 20.9. The van der Waals surface area contributed by atoms with Crippen molar-refractivity contribution in [3.63, 3.8) is 0 Å². The number of anilines is 3. The Labute approximate surface area is 354 Å². The summed E-state index contributed by atoms with van der Waals surface area (Å²) in [6.45, 7) is 0. The second kappa shape index (κ2) is 14.3. The Hall–Kier alpha value is -8.14. The van der Waals surface area contributed by atoms with E-state index in [0.29, 0.717) is 0 Å². The number of fused-ring (bicyclic) bond motifs is 7.